The van der Waals surface area contributed by atoms with Gasteiger partial charge < -0.3 is 5.73 Å². The number of anilines is 1. The number of benzene rings is 1. The molecule has 0 unspecified atom stereocenters. The largest absolute Gasteiger partial charge is 0.418 e. The molecule has 0 spiro atoms. The van der Waals surface area contributed by atoms with Crippen LogP contribution in [-0.2, 0) is 6.18 Å². The van der Waals surface area contributed by atoms with Crippen molar-refractivity contribution in [1.29, 1.82) is 5.26 Å². The fourth-order valence-corrected chi connectivity index (χ4v) is 1.66. The Morgan fingerprint density at radius 3 is 2.47 bits per heavy atom. The van der Waals surface area contributed by atoms with Crippen molar-refractivity contribution in [2.45, 2.75) is 11.1 Å². The van der Waals surface area contributed by atoms with Gasteiger partial charge in [0.05, 0.1) is 10.6 Å². The topological polar surface area (TPSA) is 49.8 Å². The minimum absolute atomic E-state index is 0.0343. The van der Waals surface area contributed by atoms with E-state index in [2.05, 4.69) is 0 Å². The average molecular weight is 253 g/mol. The van der Waals surface area contributed by atoms with E-state index in [9.17, 15) is 13.2 Å². The Hall–Kier alpha value is -1.06. The SMILES string of the molecule is N#CSc1cc(C(F)(F)F)c(N)cc1Cl. The molecule has 0 saturated carbocycles. The van der Waals surface area contributed by atoms with Crippen LogP contribution >= 0.6 is 23.4 Å². The minimum Gasteiger partial charge on any atom is -0.398 e. The zero-order valence-corrected chi connectivity index (χ0v) is 8.67. The van der Waals surface area contributed by atoms with Gasteiger partial charge in [0.25, 0.3) is 0 Å². The smallest absolute Gasteiger partial charge is 0.398 e. The molecular formula is C8H4ClF3N2S. The van der Waals surface area contributed by atoms with E-state index in [1.54, 1.807) is 5.40 Å². The summed E-state index contributed by atoms with van der Waals surface area (Å²) in [7, 11) is 0. The summed E-state index contributed by atoms with van der Waals surface area (Å²) in [6.45, 7) is 0. The van der Waals surface area contributed by atoms with Crippen molar-refractivity contribution in [3.05, 3.63) is 22.7 Å². The maximum Gasteiger partial charge on any atom is 0.418 e. The average Bonchev–Trinajstić information content (AvgIpc) is 2.07. The van der Waals surface area contributed by atoms with E-state index in [0.29, 0.717) is 11.8 Å². The molecule has 15 heavy (non-hydrogen) atoms. The molecule has 0 aliphatic rings. The number of nitriles is 1. The van der Waals surface area contributed by atoms with Gasteiger partial charge in [0.2, 0.25) is 0 Å². The van der Waals surface area contributed by atoms with Gasteiger partial charge in [-0.1, -0.05) is 11.6 Å². The molecule has 0 aliphatic carbocycles. The molecule has 1 aromatic carbocycles. The van der Waals surface area contributed by atoms with Crippen LogP contribution in [0.4, 0.5) is 18.9 Å². The second-order valence-corrected chi connectivity index (χ2v) is 3.79. The van der Waals surface area contributed by atoms with Crippen LogP contribution < -0.4 is 5.73 Å². The van der Waals surface area contributed by atoms with Gasteiger partial charge in [-0.25, -0.2) is 0 Å². The van der Waals surface area contributed by atoms with Crippen molar-refractivity contribution in [2.75, 3.05) is 5.73 Å². The molecule has 0 aromatic heterocycles. The number of hydrogen-bond acceptors (Lipinski definition) is 3. The quantitative estimate of drug-likeness (QED) is 0.473. The summed E-state index contributed by atoms with van der Waals surface area (Å²) in [6.07, 6.45) is -4.54. The fraction of sp³-hybridized carbons (Fsp3) is 0.125. The molecule has 2 nitrogen and oxygen atoms in total. The molecule has 7 heteroatoms. The first-order valence-corrected chi connectivity index (χ1v) is 4.78. The number of nitrogens with two attached hydrogens (primary N) is 1. The van der Waals surface area contributed by atoms with Crippen LogP contribution in [0, 0.1) is 10.7 Å². The zero-order chi connectivity index (χ0) is 11.6. The summed E-state index contributed by atoms with van der Waals surface area (Å²) in [6, 6.07) is 1.76. The van der Waals surface area contributed by atoms with Crippen LogP contribution in [0.5, 0.6) is 0 Å². The highest BCUT2D eigenvalue weighted by atomic mass is 35.5. The fourth-order valence-electron chi connectivity index (χ4n) is 0.942. The Morgan fingerprint density at radius 1 is 1.40 bits per heavy atom. The van der Waals surface area contributed by atoms with Crippen molar-refractivity contribution in [2.24, 2.45) is 0 Å². The highest BCUT2D eigenvalue weighted by Gasteiger charge is 2.33. The van der Waals surface area contributed by atoms with Gasteiger partial charge in [-0.05, 0) is 23.9 Å². The molecule has 1 rings (SSSR count). The number of thioether (sulfide) groups is 1. The first kappa shape index (κ1) is 12.0. The van der Waals surface area contributed by atoms with E-state index in [4.69, 9.17) is 22.6 Å². The predicted molar refractivity (Wildman–Crippen MR) is 52.3 cm³/mol. The van der Waals surface area contributed by atoms with Gasteiger partial charge in [-0.15, -0.1) is 0 Å². The van der Waals surface area contributed by atoms with Crippen LogP contribution in [0.1, 0.15) is 5.56 Å². The lowest BCUT2D eigenvalue weighted by atomic mass is 10.2. The van der Waals surface area contributed by atoms with Crippen molar-refractivity contribution >= 4 is 29.1 Å². The van der Waals surface area contributed by atoms with Crippen molar-refractivity contribution in [3.63, 3.8) is 0 Å². The highest BCUT2D eigenvalue weighted by molar-refractivity contribution is 8.03. The first-order chi connectivity index (χ1) is 6.86. The Bertz CT molecular complexity index is 425. The maximum absolute atomic E-state index is 12.4. The van der Waals surface area contributed by atoms with Gasteiger partial charge in [-0.2, -0.15) is 18.4 Å². The standard InChI is InChI=1S/C8H4ClF3N2S/c9-5-2-6(14)4(8(10,11)12)1-7(5)15-3-13/h1-2H,14H2. The third-order valence-electron chi connectivity index (χ3n) is 1.57. The molecule has 0 amide bonds. The number of hydrogen-bond donors (Lipinski definition) is 1. The van der Waals surface area contributed by atoms with E-state index in [1.165, 1.54) is 0 Å². The van der Waals surface area contributed by atoms with E-state index in [-0.39, 0.29) is 9.92 Å². The highest BCUT2D eigenvalue weighted by Crippen LogP contribution is 2.39. The second-order valence-electron chi connectivity index (χ2n) is 2.56. The number of halogens is 4. The third kappa shape index (κ3) is 2.70. The van der Waals surface area contributed by atoms with Crippen LogP contribution in [0.25, 0.3) is 0 Å². The first-order valence-electron chi connectivity index (χ1n) is 3.58. The number of rotatable bonds is 1. The minimum atomic E-state index is -4.54. The monoisotopic (exact) mass is 252 g/mol. The van der Waals surface area contributed by atoms with Crippen LogP contribution in [-0.4, -0.2) is 0 Å². The van der Waals surface area contributed by atoms with E-state index in [1.807, 2.05) is 0 Å². The normalized spacial score (nSPS) is 11.1. The number of thiocyanates is 1. The lowest BCUT2D eigenvalue weighted by molar-refractivity contribution is -0.137. The van der Waals surface area contributed by atoms with Crippen molar-refractivity contribution < 1.29 is 13.2 Å². The summed E-state index contributed by atoms with van der Waals surface area (Å²) < 4.78 is 37.2. The summed E-state index contributed by atoms with van der Waals surface area (Å²) >= 11 is 6.17. The molecule has 1 aromatic rings. The van der Waals surface area contributed by atoms with E-state index < -0.39 is 17.4 Å². The number of alkyl halides is 3. The lowest BCUT2D eigenvalue weighted by Crippen LogP contribution is -2.09. The Morgan fingerprint density at radius 2 is 2.00 bits per heavy atom. The van der Waals surface area contributed by atoms with Crippen molar-refractivity contribution in [1.82, 2.24) is 0 Å². The molecule has 0 bridgehead atoms. The lowest BCUT2D eigenvalue weighted by Gasteiger charge is -2.11. The third-order valence-corrected chi connectivity index (χ3v) is 2.64. The molecule has 0 aliphatic heterocycles. The molecule has 0 fully saturated rings. The van der Waals surface area contributed by atoms with Crippen LogP contribution in [0.15, 0.2) is 17.0 Å². The summed E-state index contributed by atoms with van der Waals surface area (Å²) in [4.78, 5) is 0.0423. The van der Waals surface area contributed by atoms with E-state index in [0.717, 1.165) is 12.1 Å². The molecule has 0 radical (unpaired) electrons. The Labute approximate surface area is 92.8 Å². The molecule has 0 saturated heterocycles. The Balaban J connectivity index is 3.31. The van der Waals surface area contributed by atoms with Crippen LogP contribution in [0.3, 0.4) is 0 Å². The zero-order valence-electron chi connectivity index (χ0n) is 7.10. The molecule has 0 atom stereocenters. The number of nitrogens with zero attached hydrogens (tertiary/aromatic N) is 1. The Kier molecular flexibility index (Phi) is 3.37. The molecule has 2 N–H and O–H groups in total. The number of nitrogen functional groups attached to an aromatic ring is 1. The van der Waals surface area contributed by atoms with Gasteiger partial charge in [0.1, 0.15) is 5.40 Å². The van der Waals surface area contributed by atoms with E-state index >= 15 is 0 Å². The van der Waals surface area contributed by atoms with Gasteiger partial charge >= 0.3 is 6.18 Å². The summed E-state index contributed by atoms with van der Waals surface area (Å²) in [5, 5.41) is 10.0. The van der Waals surface area contributed by atoms with Gasteiger partial charge in [-0.3, -0.25) is 0 Å². The summed E-state index contributed by atoms with van der Waals surface area (Å²) in [5.41, 5.74) is 3.74. The maximum atomic E-state index is 12.4. The molecule has 80 valence electrons. The van der Waals surface area contributed by atoms with Gasteiger partial charge in [0.15, 0.2) is 0 Å². The molecular weight excluding hydrogens is 249 g/mol. The summed E-state index contributed by atoms with van der Waals surface area (Å²) in [5.74, 6) is 0. The molecule has 0 heterocycles. The van der Waals surface area contributed by atoms with Crippen molar-refractivity contribution in [3.8, 4) is 5.40 Å². The van der Waals surface area contributed by atoms with Gasteiger partial charge in [0, 0.05) is 10.6 Å². The predicted octanol–water partition coefficient (Wildman–Crippen LogP) is 3.51. The van der Waals surface area contributed by atoms with Crippen LogP contribution in [0.2, 0.25) is 5.02 Å². The second kappa shape index (κ2) is 4.21.